The SMILES string of the molecule is O=C1N=Nc2c1c1ccccc1c1ccccc21. The molecule has 3 nitrogen and oxygen atoms in total. The number of carbonyl (C=O) groups excluding carboxylic acids is 1. The lowest BCUT2D eigenvalue weighted by Gasteiger charge is -2.07. The second kappa shape index (κ2) is 3.23. The molecule has 0 radical (unpaired) electrons. The Morgan fingerprint density at radius 1 is 0.667 bits per heavy atom. The number of fused-ring (bicyclic) bond motifs is 6. The number of rotatable bonds is 0. The molecular weight excluding hydrogens is 224 g/mol. The predicted octanol–water partition coefficient (Wildman–Crippen LogP) is 4.23. The highest BCUT2D eigenvalue weighted by atomic mass is 16.2. The molecule has 0 aliphatic carbocycles. The van der Waals surface area contributed by atoms with Crippen LogP contribution in [0.25, 0.3) is 21.5 Å². The Kier molecular flexibility index (Phi) is 1.70. The molecule has 3 heteroatoms. The Balaban J connectivity index is 2.38. The zero-order valence-corrected chi connectivity index (χ0v) is 9.42. The molecule has 18 heavy (non-hydrogen) atoms. The second-order valence-corrected chi connectivity index (χ2v) is 4.32. The van der Waals surface area contributed by atoms with Crippen molar-refractivity contribution in [1.29, 1.82) is 0 Å². The molecule has 1 amide bonds. The van der Waals surface area contributed by atoms with E-state index in [0.29, 0.717) is 11.3 Å². The summed E-state index contributed by atoms with van der Waals surface area (Å²) in [5, 5.41) is 11.8. The van der Waals surface area contributed by atoms with Gasteiger partial charge in [0.25, 0.3) is 5.91 Å². The maximum atomic E-state index is 11.9. The minimum absolute atomic E-state index is 0.244. The van der Waals surface area contributed by atoms with Crippen LogP contribution in [-0.2, 0) is 0 Å². The molecule has 1 aliphatic heterocycles. The summed E-state index contributed by atoms with van der Waals surface area (Å²) in [6.07, 6.45) is 0. The van der Waals surface area contributed by atoms with E-state index in [1.165, 1.54) is 0 Å². The molecule has 84 valence electrons. The van der Waals surface area contributed by atoms with Crippen LogP contribution in [0.1, 0.15) is 10.4 Å². The van der Waals surface area contributed by atoms with Gasteiger partial charge < -0.3 is 0 Å². The van der Waals surface area contributed by atoms with Crippen LogP contribution in [0.15, 0.2) is 58.8 Å². The van der Waals surface area contributed by atoms with Crippen LogP contribution in [0.5, 0.6) is 0 Å². The van der Waals surface area contributed by atoms with Gasteiger partial charge in [0.1, 0.15) is 5.69 Å². The molecule has 0 fully saturated rings. The van der Waals surface area contributed by atoms with Crippen molar-refractivity contribution < 1.29 is 4.79 Å². The fourth-order valence-electron chi connectivity index (χ4n) is 2.59. The van der Waals surface area contributed by atoms with E-state index in [1.54, 1.807) is 0 Å². The third-order valence-corrected chi connectivity index (χ3v) is 3.36. The molecule has 0 aromatic heterocycles. The summed E-state index contributed by atoms with van der Waals surface area (Å²) in [6.45, 7) is 0. The first-order valence-corrected chi connectivity index (χ1v) is 5.76. The van der Waals surface area contributed by atoms with Crippen molar-refractivity contribution in [1.82, 2.24) is 0 Å². The molecule has 0 spiro atoms. The fraction of sp³-hybridized carbons (Fsp3) is 0. The summed E-state index contributed by atoms with van der Waals surface area (Å²) in [7, 11) is 0. The van der Waals surface area contributed by atoms with E-state index in [2.05, 4.69) is 16.3 Å². The molecule has 3 aromatic carbocycles. The van der Waals surface area contributed by atoms with E-state index in [1.807, 2.05) is 42.5 Å². The highest BCUT2D eigenvalue weighted by Crippen LogP contribution is 2.41. The second-order valence-electron chi connectivity index (χ2n) is 4.32. The molecule has 0 unspecified atom stereocenters. The number of hydrogen-bond acceptors (Lipinski definition) is 2. The van der Waals surface area contributed by atoms with Gasteiger partial charge in [-0.3, -0.25) is 4.79 Å². The van der Waals surface area contributed by atoms with Crippen LogP contribution in [0.4, 0.5) is 5.69 Å². The van der Waals surface area contributed by atoms with Gasteiger partial charge in [0.2, 0.25) is 0 Å². The van der Waals surface area contributed by atoms with Crippen molar-refractivity contribution in [3.63, 3.8) is 0 Å². The quantitative estimate of drug-likeness (QED) is 0.535. The third kappa shape index (κ3) is 1.06. The molecule has 0 saturated carbocycles. The number of benzene rings is 3. The van der Waals surface area contributed by atoms with Gasteiger partial charge in [-0.2, -0.15) is 0 Å². The maximum absolute atomic E-state index is 11.9. The smallest absolute Gasteiger partial charge is 0.265 e. The topological polar surface area (TPSA) is 41.8 Å². The highest BCUT2D eigenvalue weighted by Gasteiger charge is 2.23. The van der Waals surface area contributed by atoms with Crippen molar-refractivity contribution in [3.05, 3.63) is 54.1 Å². The largest absolute Gasteiger partial charge is 0.298 e. The Labute approximate surface area is 103 Å². The minimum atomic E-state index is -0.244. The molecule has 0 N–H and O–H groups in total. The molecule has 0 saturated heterocycles. The van der Waals surface area contributed by atoms with Crippen LogP contribution in [-0.4, -0.2) is 5.91 Å². The van der Waals surface area contributed by atoms with Crippen LogP contribution in [0, 0.1) is 0 Å². The zero-order valence-electron chi connectivity index (χ0n) is 9.42. The van der Waals surface area contributed by atoms with Gasteiger partial charge in [0, 0.05) is 5.39 Å². The Morgan fingerprint density at radius 3 is 1.94 bits per heavy atom. The van der Waals surface area contributed by atoms with Gasteiger partial charge >= 0.3 is 0 Å². The lowest BCUT2D eigenvalue weighted by molar-refractivity contribution is 0.100. The van der Waals surface area contributed by atoms with E-state index >= 15 is 0 Å². The van der Waals surface area contributed by atoms with Crippen LogP contribution in [0.3, 0.4) is 0 Å². The standard InChI is InChI=1S/C15H8N2O/c18-15-13-11-7-3-1-5-9(11)10-6-2-4-8-12(10)14(13)16-17-15/h1-8H. The first kappa shape index (κ1) is 9.48. The van der Waals surface area contributed by atoms with E-state index in [-0.39, 0.29) is 5.91 Å². The fourth-order valence-corrected chi connectivity index (χ4v) is 2.59. The lowest BCUT2D eigenvalue weighted by Crippen LogP contribution is -1.92. The van der Waals surface area contributed by atoms with Crippen molar-refractivity contribution in [2.45, 2.75) is 0 Å². The zero-order chi connectivity index (χ0) is 12.1. The van der Waals surface area contributed by atoms with Crippen molar-refractivity contribution >= 4 is 33.1 Å². The highest BCUT2D eigenvalue weighted by molar-refractivity contribution is 6.24. The van der Waals surface area contributed by atoms with Gasteiger partial charge in [0.05, 0.1) is 5.56 Å². The molecule has 0 bridgehead atoms. The van der Waals surface area contributed by atoms with Gasteiger partial charge in [-0.25, -0.2) is 0 Å². The van der Waals surface area contributed by atoms with E-state index in [4.69, 9.17) is 0 Å². The van der Waals surface area contributed by atoms with Crippen LogP contribution in [0.2, 0.25) is 0 Å². The summed E-state index contributed by atoms with van der Waals surface area (Å²) in [5.41, 5.74) is 1.33. The molecular formula is C15H8N2O. The third-order valence-electron chi connectivity index (χ3n) is 3.36. The molecule has 1 heterocycles. The number of nitrogens with zero attached hydrogens (tertiary/aromatic N) is 2. The summed E-state index contributed by atoms with van der Waals surface area (Å²) in [4.78, 5) is 11.9. The van der Waals surface area contributed by atoms with Crippen LogP contribution >= 0.6 is 0 Å². The number of hydrogen-bond donors (Lipinski definition) is 0. The Hall–Kier alpha value is -2.55. The average molecular weight is 232 g/mol. The molecule has 0 atom stereocenters. The Morgan fingerprint density at radius 2 is 1.22 bits per heavy atom. The minimum Gasteiger partial charge on any atom is -0.265 e. The molecule has 1 aliphatic rings. The number of amides is 1. The number of carbonyl (C=O) groups is 1. The molecule has 4 rings (SSSR count). The summed E-state index contributed by atoms with van der Waals surface area (Å²) < 4.78 is 0. The average Bonchev–Trinajstić information content (AvgIpc) is 2.82. The summed E-state index contributed by atoms with van der Waals surface area (Å²) in [6, 6.07) is 15.9. The predicted molar refractivity (Wildman–Crippen MR) is 70.3 cm³/mol. The summed E-state index contributed by atoms with van der Waals surface area (Å²) >= 11 is 0. The normalized spacial score (nSPS) is 13.4. The lowest BCUT2D eigenvalue weighted by atomic mass is 9.95. The van der Waals surface area contributed by atoms with E-state index in [0.717, 1.165) is 21.5 Å². The molecule has 3 aromatic rings. The van der Waals surface area contributed by atoms with Crippen molar-refractivity contribution in [2.24, 2.45) is 10.2 Å². The van der Waals surface area contributed by atoms with Gasteiger partial charge in [0.15, 0.2) is 0 Å². The number of azo groups is 1. The first-order chi connectivity index (χ1) is 8.86. The Bertz CT molecular complexity index is 850. The first-order valence-electron chi connectivity index (χ1n) is 5.76. The van der Waals surface area contributed by atoms with Crippen molar-refractivity contribution in [3.8, 4) is 0 Å². The summed E-state index contributed by atoms with van der Waals surface area (Å²) in [5.74, 6) is -0.244. The van der Waals surface area contributed by atoms with Gasteiger partial charge in [-0.15, -0.1) is 10.2 Å². The monoisotopic (exact) mass is 232 g/mol. The van der Waals surface area contributed by atoms with Crippen LogP contribution < -0.4 is 0 Å². The van der Waals surface area contributed by atoms with Gasteiger partial charge in [-0.05, 0) is 16.2 Å². The van der Waals surface area contributed by atoms with E-state index in [9.17, 15) is 4.79 Å². The van der Waals surface area contributed by atoms with Crippen molar-refractivity contribution in [2.75, 3.05) is 0 Å². The maximum Gasteiger partial charge on any atom is 0.298 e. The van der Waals surface area contributed by atoms with E-state index < -0.39 is 0 Å². The van der Waals surface area contributed by atoms with Gasteiger partial charge in [-0.1, -0.05) is 48.5 Å².